The quantitative estimate of drug-likeness (QED) is 0.793. The van der Waals surface area contributed by atoms with E-state index >= 15 is 0 Å². The number of thiophene rings is 1. The van der Waals surface area contributed by atoms with Crippen molar-refractivity contribution in [1.82, 2.24) is 4.31 Å². The summed E-state index contributed by atoms with van der Waals surface area (Å²) in [4.78, 5) is 21.0. The van der Waals surface area contributed by atoms with Gasteiger partial charge in [-0.3, -0.25) is 4.79 Å². The lowest BCUT2D eigenvalue weighted by molar-refractivity contribution is -0.137. The fourth-order valence-corrected chi connectivity index (χ4v) is 3.48. The zero-order valence-corrected chi connectivity index (χ0v) is 10.3. The molecule has 0 spiro atoms. The molecule has 0 radical (unpaired) electrons. The Bertz CT molecular complexity index is 546. The Labute approximate surface area is 101 Å². The number of hydrogen-bond donors (Lipinski definition) is 2. The third-order valence-corrected chi connectivity index (χ3v) is 5.06. The molecular weight excluding hydrogens is 270 g/mol. The zero-order valence-electron chi connectivity index (χ0n) is 8.65. The van der Waals surface area contributed by atoms with E-state index in [0.717, 1.165) is 24.5 Å². The minimum absolute atomic E-state index is 0.141. The summed E-state index contributed by atoms with van der Waals surface area (Å²) in [5.41, 5.74) is -0.141. The summed E-state index contributed by atoms with van der Waals surface area (Å²) < 4.78 is 24.0. The van der Waals surface area contributed by atoms with Crippen molar-refractivity contribution in [3.8, 4) is 0 Å². The molecule has 0 saturated carbocycles. The monoisotopic (exact) mass is 279 g/mol. The van der Waals surface area contributed by atoms with Gasteiger partial charge in [-0.2, -0.15) is 4.31 Å². The molecule has 0 aliphatic carbocycles. The molecule has 0 unspecified atom stereocenters. The van der Waals surface area contributed by atoms with Crippen LogP contribution in [0.4, 0.5) is 0 Å². The Kier molecular flexibility index (Phi) is 3.86. The number of likely N-dealkylation sites (N-methyl/N-ethyl adjacent to an activating group) is 1. The SMILES string of the molecule is CN(CC(=O)O)S(=O)(=O)c1cc(C(=O)O)cs1. The smallest absolute Gasteiger partial charge is 0.336 e. The van der Waals surface area contributed by atoms with Crippen LogP contribution < -0.4 is 0 Å². The number of carboxylic acid groups (broad SMARTS) is 2. The van der Waals surface area contributed by atoms with E-state index in [1.54, 1.807) is 0 Å². The van der Waals surface area contributed by atoms with Crippen molar-refractivity contribution in [1.29, 1.82) is 0 Å². The maximum Gasteiger partial charge on any atom is 0.336 e. The minimum atomic E-state index is -3.94. The molecule has 2 N–H and O–H groups in total. The van der Waals surface area contributed by atoms with Gasteiger partial charge in [0.2, 0.25) is 0 Å². The van der Waals surface area contributed by atoms with Gasteiger partial charge in [0, 0.05) is 12.4 Å². The summed E-state index contributed by atoms with van der Waals surface area (Å²) in [6, 6.07) is 1.00. The lowest BCUT2D eigenvalue weighted by Gasteiger charge is -2.12. The second kappa shape index (κ2) is 4.82. The first-order chi connectivity index (χ1) is 7.75. The van der Waals surface area contributed by atoms with Gasteiger partial charge in [-0.1, -0.05) is 0 Å². The number of carboxylic acids is 2. The molecule has 0 aromatic carbocycles. The Morgan fingerprint density at radius 3 is 2.41 bits per heavy atom. The number of hydrogen-bond acceptors (Lipinski definition) is 5. The number of aliphatic carboxylic acids is 1. The van der Waals surface area contributed by atoms with Crippen molar-refractivity contribution in [3.05, 3.63) is 17.0 Å². The standard InChI is InChI=1S/C8H9NO6S2/c1-9(3-6(10)11)17(14,15)7-2-5(4-16-7)8(12)13/h2,4H,3H2,1H3,(H,10,11)(H,12,13). The average molecular weight is 279 g/mol. The Morgan fingerprint density at radius 1 is 1.41 bits per heavy atom. The van der Waals surface area contributed by atoms with Crippen LogP contribution in [0.5, 0.6) is 0 Å². The third-order valence-electron chi connectivity index (χ3n) is 1.84. The predicted octanol–water partition coefficient (Wildman–Crippen LogP) is 0.151. The van der Waals surface area contributed by atoms with Crippen LogP contribution in [-0.4, -0.2) is 48.5 Å². The third kappa shape index (κ3) is 3.02. The van der Waals surface area contributed by atoms with Gasteiger partial charge in [0.15, 0.2) is 0 Å². The number of carbonyl (C=O) groups is 2. The Hall–Kier alpha value is -1.45. The molecule has 0 fully saturated rings. The first-order valence-corrected chi connectivity index (χ1v) is 6.57. The molecular formula is C8H9NO6S2. The van der Waals surface area contributed by atoms with E-state index in [1.807, 2.05) is 0 Å². The summed E-state index contributed by atoms with van der Waals surface area (Å²) in [6.45, 7) is -0.678. The molecule has 17 heavy (non-hydrogen) atoms. The Morgan fingerprint density at radius 2 is 2.00 bits per heavy atom. The van der Waals surface area contributed by atoms with Crippen molar-refractivity contribution in [2.75, 3.05) is 13.6 Å². The van der Waals surface area contributed by atoms with E-state index in [9.17, 15) is 18.0 Å². The highest BCUT2D eigenvalue weighted by molar-refractivity contribution is 7.91. The second-order valence-electron chi connectivity index (χ2n) is 3.11. The molecule has 0 saturated heterocycles. The normalized spacial score (nSPS) is 11.6. The molecule has 0 atom stereocenters. The summed E-state index contributed by atoms with van der Waals surface area (Å²) in [7, 11) is -2.82. The number of rotatable bonds is 5. The van der Waals surface area contributed by atoms with Gasteiger partial charge in [-0.15, -0.1) is 11.3 Å². The van der Waals surface area contributed by atoms with Gasteiger partial charge in [0.1, 0.15) is 10.8 Å². The van der Waals surface area contributed by atoms with Crippen LogP contribution in [0.15, 0.2) is 15.7 Å². The van der Waals surface area contributed by atoms with Crippen LogP contribution in [0.3, 0.4) is 0 Å². The van der Waals surface area contributed by atoms with Gasteiger partial charge in [0.25, 0.3) is 10.0 Å². The number of nitrogens with zero attached hydrogens (tertiary/aromatic N) is 1. The van der Waals surface area contributed by atoms with Crippen molar-refractivity contribution < 1.29 is 28.2 Å². The second-order valence-corrected chi connectivity index (χ2v) is 6.30. The van der Waals surface area contributed by atoms with E-state index in [2.05, 4.69) is 0 Å². The topological polar surface area (TPSA) is 112 Å². The van der Waals surface area contributed by atoms with E-state index in [-0.39, 0.29) is 9.77 Å². The minimum Gasteiger partial charge on any atom is -0.480 e. The van der Waals surface area contributed by atoms with Gasteiger partial charge in [-0.05, 0) is 6.07 Å². The average Bonchev–Trinajstić information content (AvgIpc) is 2.65. The van der Waals surface area contributed by atoms with Gasteiger partial charge in [0.05, 0.1) is 5.56 Å². The molecule has 7 nitrogen and oxygen atoms in total. The van der Waals surface area contributed by atoms with E-state index in [1.165, 1.54) is 5.38 Å². The maximum absolute atomic E-state index is 11.8. The molecule has 94 valence electrons. The summed E-state index contributed by atoms with van der Waals surface area (Å²) in [5.74, 6) is -2.52. The number of sulfonamides is 1. The lowest BCUT2D eigenvalue weighted by Crippen LogP contribution is -2.31. The molecule has 1 aromatic heterocycles. The fraction of sp³-hybridized carbons (Fsp3) is 0.250. The maximum atomic E-state index is 11.8. The summed E-state index contributed by atoms with van der Waals surface area (Å²) in [5, 5.41) is 18.3. The Balaban J connectivity index is 3.04. The fourth-order valence-electron chi connectivity index (χ4n) is 0.993. The van der Waals surface area contributed by atoms with E-state index in [4.69, 9.17) is 10.2 Å². The van der Waals surface area contributed by atoms with Crippen LogP contribution in [0.1, 0.15) is 10.4 Å². The van der Waals surface area contributed by atoms with Crippen LogP contribution in [0, 0.1) is 0 Å². The van der Waals surface area contributed by atoms with Crippen LogP contribution in [-0.2, 0) is 14.8 Å². The summed E-state index contributed by atoms with van der Waals surface area (Å²) in [6.07, 6.45) is 0. The first kappa shape index (κ1) is 13.6. The molecule has 0 aliphatic heterocycles. The van der Waals surface area contributed by atoms with Crippen LogP contribution in [0.2, 0.25) is 0 Å². The van der Waals surface area contributed by atoms with Crippen molar-refractivity contribution in [3.63, 3.8) is 0 Å². The van der Waals surface area contributed by atoms with Crippen molar-refractivity contribution >= 4 is 33.3 Å². The molecule has 1 rings (SSSR count). The summed E-state index contributed by atoms with van der Waals surface area (Å²) >= 11 is 0.737. The van der Waals surface area contributed by atoms with E-state index < -0.39 is 28.5 Å². The molecule has 9 heteroatoms. The zero-order chi connectivity index (χ0) is 13.2. The molecule has 1 heterocycles. The van der Waals surface area contributed by atoms with Crippen LogP contribution >= 0.6 is 11.3 Å². The highest BCUT2D eigenvalue weighted by Crippen LogP contribution is 2.23. The highest BCUT2D eigenvalue weighted by atomic mass is 32.2. The predicted molar refractivity (Wildman–Crippen MR) is 58.7 cm³/mol. The lowest BCUT2D eigenvalue weighted by atomic mass is 10.4. The van der Waals surface area contributed by atoms with Gasteiger partial charge < -0.3 is 10.2 Å². The molecule has 0 bridgehead atoms. The number of aromatic carboxylic acids is 1. The first-order valence-electron chi connectivity index (χ1n) is 4.25. The largest absolute Gasteiger partial charge is 0.480 e. The van der Waals surface area contributed by atoms with Gasteiger partial charge in [-0.25, -0.2) is 13.2 Å². The van der Waals surface area contributed by atoms with Crippen LogP contribution in [0.25, 0.3) is 0 Å². The highest BCUT2D eigenvalue weighted by Gasteiger charge is 2.25. The molecule has 0 aliphatic rings. The molecule has 1 aromatic rings. The van der Waals surface area contributed by atoms with Crippen molar-refractivity contribution in [2.24, 2.45) is 0 Å². The van der Waals surface area contributed by atoms with E-state index in [0.29, 0.717) is 4.31 Å². The molecule has 0 amide bonds. The van der Waals surface area contributed by atoms with Crippen molar-refractivity contribution in [2.45, 2.75) is 4.21 Å². The van der Waals surface area contributed by atoms with Gasteiger partial charge >= 0.3 is 11.9 Å².